The highest BCUT2D eigenvalue weighted by molar-refractivity contribution is 5.89. The molecule has 10 heteroatoms. The fourth-order valence-electron chi connectivity index (χ4n) is 9.52. The summed E-state index contributed by atoms with van der Waals surface area (Å²) in [6.07, 6.45) is 2.18. The molecule has 256 valence electrons. The van der Waals surface area contributed by atoms with E-state index in [0.29, 0.717) is 37.0 Å². The van der Waals surface area contributed by atoms with Crippen LogP contribution >= 0.6 is 0 Å². The molecule has 0 bridgehead atoms. The summed E-state index contributed by atoms with van der Waals surface area (Å²) < 4.78 is 32.1. The zero-order valence-electron chi connectivity index (χ0n) is 28.1. The van der Waals surface area contributed by atoms with Gasteiger partial charge in [0.2, 0.25) is 0 Å². The van der Waals surface area contributed by atoms with E-state index in [1.165, 1.54) is 0 Å². The molecule has 2 saturated carbocycles. The van der Waals surface area contributed by atoms with E-state index in [0.717, 1.165) is 5.56 Å². The van der Waals surface area contributed by atoms with Gasteiger partial charge in [-0.15, -0.1) is 0 Å². The van der Waals surface area contributed by atoms with Gasteiger partial charge in [0.1, 0.15) is 28.8 Å². The molecule has 2 aromatic heterocycles. The van der Waals surface area contributed by atoms with Crippen molar-refractivity contribution in [1.82, 2.24) is 4.98 Å². The number of aromatic nitrogens is 1. The third-order valence-corrected chi connectivity index (χ3v) is 11.9. The molecule has 8 rings (SSSR count). The van der Waals surface area contributed by atoms with Crippen LogP contribution in [0.4, 0.5) is 0 Å². The number of esters is 1. The number of aliphatic hydroxyl groups is 1. The summed E-state index contributed by atoms with van der Waals surface area (Å²) in [4.78, 5) is 31.7. The molecule has 1 N–H and O–H groups in total. The van der Waals surface area contributed by atoms with Crippen molar-refractivity contribution in [2.75, 3.05) is 6.61 Å². The van der Waals surface area contributed by atoms with Gasteiger partial charge in [0.25, 0.3) is 0 Å². The van der Waals surface area contributed by atoms with Gasteiger partial charge in [-0.05, 0) is 73.9 Å². The van der Waals surface area contributed by atoms with Crippen LogP contribution in [0.1, 0.15) is 79.5 Å². The molecule has 4 heterocycles. The number of nitrogens with zero attached hydrogens (tertiary/aromatic N) is 2. The molecular formula is C40H38N2O8. The minimum Gasteiger partial charge on any atom is -0.482 e. The summed E-state index contributed by atoms with van der Waals surface area (Å²) in [6.45, 7) is 6.56. The average Bonchev–Trinajstić information content (AvgIpc) is 3.12. The van der Waals surface area contributed by atoms with E-state index in [1.807, 2.05) is 37.3 Å². The number of benzene rings is 2. The summed E-state index contributed by atoms with van der Waals surface area (Å²) in [5.74, 6) is -0.976. The number of aliphatic hydroxyl groups excluding tert-OH is 1. The lowest BCUT2D eigenvalue weighted by Crippen LogP contribution is -2.71. The fraction of sp³-hybridized carbons (Fsp3) is 0.400. The van der Waals surface area contributed by atoms with E-state index in [9.17, 15) is 20.0 Å². The molecule has 0 spiro atoms. The Labute approximate surface area is 289 Å². The van der Waals surface area contributed by atoms with Crippen LogP contribution in [0.25, 0.3) is 11.3 Å². The largest absolute Gasteiger partial charge is 0.482 e. The average molecular weight is 675 g/mol. The van der Waals surface area contributed by atoms with E-state index < -0.39 is 52.4 Å². The zero-order chi connectivity index (χ0) is 34.8. The summed E-state index contributed by atoms with van der Waals surface area (Å²) in [6, 6.07) is 23.3. The fourth-order valence-corrected chi connectivity index (χ4v) is 9.52. The number of pyridine rings is 1. The number of carbonyl (C=O) groups is 1. The van der Waals surface area contributed by atoms with Crippen LogP contribution in [0, 0.1) is 34.0 Å². The minimum absolute atomic E-state index is 0.0479. The van der Waals surface area contributed by atoms with Crippen LogP contribution in [0.2, 0.25) is 0 Å². The molecule has 4 aromatic rings. The Balaban J connectivity index is 1.21. The van der Waals surface area contributed by atoms with Crippen LogP contribution in [-0.2, 0) is 14.2 Å². The summed E-state index contributed by atoms with van der Waals surface area (Å²) in [5, 5.41) is 21.7. The number of carbonyl (C=O) groups excluding carboxylic acids is 1. The molecular weight excluding hydrogens is 636 g/mol. The molecule has 10 nitrogen and oxygen atoms in total. The quantitative estimate of drug-likeness (QED) is 0.237. The molecule has 2 aromatic carbocycles. The number of hydrogen-bond donors (Lipinski definition) is 1. The molecule has 3 unspecified atom stereocenters. The Bertz CT molecular complexity index is 2030. The van der Waals surface area contributed by atoms with Gasteiger partial charge in [-0.1, -0.05) is 44.2 Å². The first-order valence-corrected chi connectivity index (χ1v) is 17.0. The molecule has 2 aliphatic heterocycles. The van der Waals surface area contributed by atoms with E-state index in [1.54, 1.807) is 54.9 Å². The number of hydrogen-bond acceptors (Lipinski definition) is 10. The Hall–Kier alpha value is -4.82. The molecule has 4 aliphatic rings. The van der Waals surface area contributed by atoms with Crippen LogP contribution in [0.5, 0.6) is 5.75 Å². The maximum Gasteiger partial charge on any atom is 0.345 e. The smallest absolute Gasteiger partial charge is 0.345 e. The SMILES string of the molecule is C[C@]12CC[C@@H]3OC(c4ccccc4)OC[C@@]3(C)C1C[C@H](OC(=O)c1ccc(C#N)cc1)[C@@]1(C)Oc3cc(-c4cccnc4)oc(=O)c3[C@H](O)C21. The van der Waals surface area contributed by atoms with E-state index in [4.69, 9.17) is 23.4 Å². The van der Waals surface area contributed by atoms with Crippen molar-refractivity contribution in [3.05, 3.63) is 118 Å². The Morgan fingerprint density at radius 3 is 2.54 bits per heavy atom. The van der Waals surface area contributed by atoms with Crippen molar-refractivity contribution >= 4 is 5.97 Å². The second-order valence-corrected chi connectivity index (χ2v) is 14.7. The Morgan fingerprint density at radius 2 is 1.82 bits per heavy atom. The van der Waals surface area contributed by atoms with Gasteiger partial charge in [0.05, 0.1) is 36.0 Å². The van der Waals surface area contributed by atoms with Gasteiger partial charge in [0.15, 0.2) is 6.29 Å². The first-order chi connectivity index (χ1) is 24.0. The molecule has 0 radical (unpaired) electrons. The van der Waals surface area contributed by atoms with Crippen LogP contribution in [0.15, 0.2) is 94.4 Å². The van der Waals surface area contributed by atoms with Gasteiger partial charge in [-0.3, -0.25) is 4.98 Å². The molecule has 1 saturated heterocycles. The van der Waals surface area contributed by atoms with Gasteiger partial charge < -0.3 is 28.5 Å². The van der Waals surface area contributed by atoms with Crippen molar-refractivity contribution in [3.63, 3.8) is 0 Å². The predicted molar refractivity (Wildman–Crippen MR) is 180 cm³/mol. The van der Waals surface area contributed by atoms with E-state index in [-0.39, 0.29) is 34.7 Å². The highest BCUT2D eigenvalue weighted by Crippen LogP contribution is 2.68. The molecule has 2 aliphatic carbocycles. The van der Waals surface area contributed by atoms with Crippen LogP contribution in [0.3, 0.4) is 0 Å². The predicted octanol–water partition coefficient (Wildman–Crippen LogP) is 6.54. The Morgan fingerprint density at radius 1 is 1.04 bits per heavy atom. The minimum atomic E-state index is -1.28. The maximum absolute atomic E-state index is 13.8. The van der Waals surface area contributed by atoms with E-state index >= 15 is 0 Å². The topological polar surface area (TPSA) is 141 Å². The molecule has 3 fully saturated rings. The lowest BCUT2D eigenvalue weighted by atomic mass is 9.42. The number of rotatable bonds is 4. The second kappa shape index (κ2) is 11.9. The van der Waals surface area contributed by atoms with Crippen molar-refractivity contribution < 1.29 is 33.3 Å². The highest BCUT2D eigenvalue weighted by atomic mass is 16.7. The van der Waals surface area contributed by atoms with E-state index in [2.05, 4.69) is 24.9 Å². The first kappa shape index (κ1) is 32.4. The van der Waals surface area contributed by atoms with Gasteiger partial charge in [-0.2, -0.15) is 5.26 Å². The van der Waals surface area contributed by atoms with Crippen molar-refractivity contribution in [1.29, 1.82) is 5.26 Å². The molecule has 9 atom stereocenters. The van der Waals surface area contributed by atoms with Crippen molar-refractivity contribution in [2.24, 2.45) is 22.7 Å². The lowest BCUT2D eigenvalue weighted by molar-refractivity contribution is -0.330. The van der Waals surface area contributed by atoms with Crippen LogP contribution in [-0.4, -0.2) is 40.5 Å². The number of fused-ring (bicyclic) bond motifs is 6. The zero-order valence-corrected chi connectivity index (χ0v) is 28.1. The number of nitriles is 1. The van der Waals surface area contributed by atoms with Gasteiger partial charge >= 0.3 is 11.6 Å². The standard InChI is InChI=1S/C40H38N2O8/c1-38-16-15-30-39(2,22-46-37(49-30)25-8-5-4-6-9-25)29(38)19-31(48-35(44)24-13-11-23(20-41)12-14-24)40(3)34(38)33(43)32-28(50-40)18-27(47-36(32)45)26-10-7-17-42-21-26/h4-14,17-18,21,29-31,33-34,37,43H,15-16,19,22H2,1-3H3/t29?,30-,31-,33-,34?,37?,38-,39-,40+/m0/s1. The van der Waals surface area contributed by atoms with Gasteiger partial charge in [-0.25, -0.2) is 9.59 Å². The van der Waals surface area contributed by atoms with Crippen LogP contribution < -0.4 is 10.4 Å². The third-order valence-electron chi connectivity index (χ3n) is 11.9. The van der Waals surface area contributed by atoms with Gasteiger partial charge in [0, 0.05) is 40.9 Å². The lowest BCUT2D eigenvalue weighted by Gasteiger charge is -2.67. The summed E-state index contributed by atoms with van der Waals surface area (Å²) in [5.41, 5.74) is -0.763. The first-order valence-electron chi connectivity index (χ1n) is 17.0. The number of ether oxygens (including phenoxy) is 4. The third kappa shape index (κ3) is 4.98. The second-order valence-electron chi connectivity index (χ2n) is 14.7. The Kier molecular flexibility index (Phi) is 7.71. The maximum atomic E-state index is 13.8. The monoisotopic (exact) mass is 674 g/mol. The summed E-state index contributed by atoms with van der Waals surface area (Å²) in [7, 11) is 0. The summed E-state index contributed by atoms with van der Waals surface area (Å²) >= 11 is 0. The normalized spacial score (nSPS) is 34.1. The molecule has 0 amide bonds. The van der Waals surface area contributed by atoms with Crippen molar-refractivity contribution in [2.45, 2.75) is 70.2 Å². The highest BCUT2D eigenvalue weighted by Gasteiger charge is 2.71. The van der Waals surface area contributed by atoms with Crippen molar-refractivity contribution in [3.8, 4) is 23.1 Å². The molecule has 50 heavy (non-hydrogen) atoms.